The van der Waals surface area contributed by atoms with Gasteiger partial charge in [0.15, 0.2) is 0 Å². The molecule has 0 aliphatic heterocycles. The number of hydrogen-bond donors (Lipinski definition) is 0. The molecule has 0 aromatic rings. The van der Waals surface area contributed by atoms with Gasteiger partial charge in [-0.25, -0.2) is 0 Å². The van der Waals surface area contributed by atoms with Crippen LogP contribution < -0.4 is 0 Å². The highest BCUT2D eigenvalue weighted by Crippen LogP contribution is 2.06. The largest absolute Gasteiger partial charge is 0.319 e. The van der Waals surface area contributed by atoms with E-state index in [0.717, 1.165) is 0 Å². The first-order chi connectivity index (χ1) is 2.94. The van der Waals surface area contributed by atoms with Gasteiger partial charge < -0.3 is 4.11 Å². The molecule has 0 spiro atoms. The molecule has 0 saturated carbocycles. The van der Waals surface area contributed by atoms with E-state index in [1.807, 2.05) is 0 Å². The monoisotopic (exact) mass is 136 g/mol. The number of halogens is 1. The van der Waals surface area contributed by atoms with Crippen molar-refractivity contribution in [3.8, 4) is 0 Å². The Morgan fingerprint density at radius 1 is 1.29 bits per heavy atom. The normalized spacial score (nSPS) is 12.9. The van der Waals surface area contributed by atoms with E-state index >= 15 is 0 Å². The fourth-order valence-electron chi connectivity index (χ4n) is 0. The molecule has 0 saturated heterocycles. The first-order valence-electron chi connectivity index (χ1n) is 2.63. The molecule has 0 aliphatic rings. The average Bonchev–Trinajstić information content (AvgIpc) is 1.31. The summed E-state index contributed by atoms with van der Waals surface area (Å²) in [5, 5.41) is 0. The van der Waals surface area contributed by atoms with Crippen LogP contribution in [0.2, 0.25) is 26.2 Å². The van der Waals surface area contributed by atoms with Crippen LogP contribution in [0.3, 0.4) is 0 Å². The van der Waals surface area contributed by atoms with Crippen LogP contribution in [0.5, 0.6) is 0 Å². The van der Waals surface area contributed by atoms with Crippen molar-refractivity contribution in [3.63, 3.8) is 0 Å². The van der Waals surface area contributed by atoms with Gasteiger partial charge in [0.05, 0.1) is 8.31 Å². The lowest BCUT2D eigenvalue weighted by atomic mass is 11.9. The van der Waals surface area contributed by atoms with E-state index in [1.165, 1.54) is 0 Å². The lowest BCUT2D eigenvalue weighted by Crippen LogP contribution is -2.35. The molecule has 0 radical (unpaired) electrons. The Bertz CT molecular complexity index is 55.2. The van der Waals surface area contributed by atoms with E-state index in [-0.39, 0.29) is 0 Å². The molecule has 0 aromatic heterocycles. The lowest BCUT2D eigenvalue weighted by molar-refractivity contribution is 0.830. The van der Waals surface area contributed by atoms with Crippen molar-refractivity contribution < 1.29 is 4.11 Å². The zero-order chi connectivity index (χ0) is 6.08. The smallest absolute Gasteiger partial charge is 0.223 e. The summed E-state index contributed by atoms with van der Waals surface area (Å²) in [4.78, 5) is 0. The van der Waals surface area contributed by atoms with Crippen LogP contribution in [0.15, 0.2) is 0 Å². The first-order valence-corrected chi connectivity index (χ1v) is 9.63. The highest BCUT2D eigenvalue weighted by molar-refractivity contribution is 7.28. The Hall–Kier alpha value is 0.364. The number of rotatable bonds is 1. The highest BCUT2D eigenvalue weighted by Gasteiger charge is 2.25. The Morgan fingerprint density at radius 3 is 1.43 bits per heavy atom. The third kappa shape index (κ3) is 2.99. The molecule has 0 unspecified atom stereocenters. The van der Waals surface area contributed by atoms with Gasteiger partial charge in [0, 0.05) is 0 Å². The maximum absolute atomic E-state index is 12.7. The van der Waals surface area contributed by atoms with E-state index in [0.29, 0.717) is 0 Å². The van der Waals surface area contributed by atoms with E-state index in [4.69, 9.17) is 0 Å². The van der Waals surface area contributed by atoms with Crippen molar-refractivity contribution in [2.45, 2.75) is 26.2 Å². The first kappa shape index (κ1) is 7.36. The summed E-state index contributed by atoms with van der Waals surface area (Å²) in [5.41, 5.74) is 0. The molecular formula is C4H13FSi2. The zero-order valence-electron chi connectivity index (χ0n) is 5.46. The fraction of sp³-hybridized carbons (Fsp3) is 1.00. The lowest BCUT2D eigenvalue weighted by Gasteiger charge is -2.12. The van der Waals surface area contributed by atoms with Crippen molar-refractivity contribution >= 4 is 16.2 Å². The Labute approximate surface area is 47.3 Å². The Morgan fingerprint density at radius 2 is 1.43 bits per heavy atom. The second-order valence-electron chi connectivity index (χ2n) is 2.72. The molecule has 7 heavy (non-hydrogen) atoms. The van der Waals surface area contributed by atoms with Crippen molar-refractivity contribution in [3.05, 3.63) is 0 Å². The summed E-state index contributed by atoms with van der Waals surface area (Å²) in [7, 11) is -2.98. The zero-order valence-corrected chi connectivity index (χ0v) is 7.61. The van der Waals surface area contributed by atoms with Gasteiger partial charge in [0.2, 0.25) is 7.93 Å². The predicted octanol–water partition coefficient (Wildman–Crippen LogP) is 1.73. The molecular weight excluding hydrogens is 123 g/mol. The molecule has 0 nitrogen and oxygen atoms in total. The summed E-state index contributed by atoms with van der Waals surface area (Å²) >= 11 is 0. The van der Waals surface area contributed by atoms with Gasteiger partial charge in [-0.3, -0.25) is 0 Å². The Kier molecular flexibility index (Phi) is 2.20. The molecule has 0 aliphatic carbocycles. The maximum atomic E-state index is 12.7. The third-order valence-corrected chi connectivity index (χ3v) is 12.4. The van der Waals surface area contributed by atoms with Crippen molar-refractivity contribution in [2.24, 2.45) is 0 Å². The van der Waals surface area contributed by atoms with Gasteiger partial charge in [-0.15, -0.1) is 0 Å². The molecule has 0 heterocycles. The van der Waals surface area contributed by atoms with E-state index in [1.54, 1.807) is 13.1 Å². The summed E-state index contributed by atoms with van der Waals surface area (Å²) < 4.78 is 12.7. The van der Waals surface area contributed by atoms with Crippen LogP contribution in [0.4, 0.5) is 4.11 Å². The second kappa shape index (κ2) is 2.09. The third-order valence-electron chi connectivity index (χ3n) is 1.37. The van der Waals surface area contributed by atoms with Crippen LogP contribution in [0.25, 0.3) is 0 Å². The van der Waals surface area contributed by atoms with Crippen LogP contribution >= 0.6 is 0 Å². The minimum Gasteiger partial charge on any atom is -0.319 e. The summed E-state index contributed by atoms with van der Waals surface area (Å²) in [6.45, 7) is 7.74. The molecule has 0 amide bonds. The number of hydrogen-bond acceptors (Lipinski definition) is 0. The molecule has 0 fully saturated rings. The molecule has 0 N–H and O–H groups in total. The predicted molar refractivity (Wildman–Crippen MR) is 37.5 cm³/mol. The summed E-state index contributed by atoms with van der Waals surface area (Å²) in [5.74, 6) is 0. The maximum Gasteiger partial charge on any atom is 0.223 e. The quantitative estimate of drug-likeness (QED) is 0.380. The molecule has 0 bridgehead atoms. The summed E-state index contributed by atoms with van der Waals surface area (Å²) in [6, 6.07) is 0. The van der Waals surface area contributed by atoms with Crippen molar-refractivity contribution in [1.82, 2.24) is 0 Å². The SMILES string of the molecule is C[SiH](C)[Si](C)(C)F. The van der Waals surface area contributed by atoms with Gasteiger partial charge >= 0.3 is 0 Å². The second-order valence-corrected chi connectivity index (χ2v) is 15.7. The molecule has 44 valence electrons. The average molecular weight is 136 g/mol. The van der Waals surface area contributed by atoms with Crippen molar-refractivity contribution in [1.29, 1.82) is 0 Å². The highest BCUT2D eigenvalue weighted by atomic mass is 29.3. The van der Waals surface area contributed by atoms with E-state index in [9.17, 15) is 4.11 Å². The van der Waals surface area contributed by atoms with Crippen LogP contribution in [-0.2, 0) is 0 Å². The van der Waals surface area contributed by atoms with Crippen molar-refractivity contribution in [2.75, 3.05) is 0 Å². The van der Waals surface area contributed by atoms with Gasteiger partial charge in [0.1, 0.15) is 0 Å². The topological polar surface area (TPSA) is 0 Å². The molecule has 0 rings (SSSR count). The van der Waals surface area contributed by atoms with Gasteiger partial charge in [0.25, 0.3) is 0 Å². The standard InChI is InChI=1S/C4H13FSi2/c1-6(2)7(3,4)5/h6H,1-4H3. The van der Waals surface area contributed by atoms with Gasteiger partial charge in [-0.05, 0) is 13.1 Å². The van der Waals surface area contributed by atoms with Crippen LogP contribution in [0, 0.1) is 0 Å². The Balaban J connectivity index is 3.54. The van der Waals surface area contributed by atoms with E-state index < -0.39 is 16.2 Å². The molecule has 3 heteroatoms. The minimum atomic E-state index is -2.10. The minimum absolute atomic E-state index is 0.887. The van der Waals surface area contributed by atoms with Gasteiger partial charge in [-0.2, -0.15) is 0 Å². The molecule has 0 atom stereocenters. The van der Waals surface area contributed by atoms with E-state index in [2.05, 4.69) is 13.1 Å². The summed E-state index contributed by atoms with van der Waals surface area (Å²) in [6.07, 6.45) is 0. The van der Waals surface area contributed by atoms with Crippen LogP contribution in [-0.4, -0.2) is 16.2 Å². The van der Waals surface area contributed by atoms with Crippen LogP contribution in [0.1, 0.15) is 0 Å². The fourth-order valence-corrected chi connectivity index (χ4v) is 0. The van der Waals surface area contributed by atoms with Gasteiger partial charge in [-0.1, -0.05) is 13.1 Å². The molecule has 0 aromatic carbocycles.